The molecule has 1 fully saturated rings. The number of nitrogens with two attached hydrogens (primary N) is 1. The van der Waals surface area contributed by atoms with Crippen molar-refractivity contribution >= 4 is 41.8 Å². The molecule has 1 aliphatic rings. The van der Waals surface area contributed by atoms with Gasteiger partial charge in [0.15, 0.2) is 0 Å². The molecular weight excluding hydrogens is 387 g/mol. The predicted octanol–water partition coefficient (Wildman–Crippen LogP) is 2.56. The van der Waals surface area contributed by atoms with Gasteiger partial charge in [0.1, 0.15) is 5.82 Å². The van der Waals surface area contributed by atoms with E-state index in [4.69, 9.17) is 5.73 Å². The molecule has 2 aromatic rings. The number of carbonyl (C=O) groups excluding carboxylic acids is 1. The molecule has 27 heavy (non-hydrogen) atoms. The molecule has 1 heterocycles. The van der Waals surface area contributed by atoms with Crippen LogP contribution in [0.2, 0.25) is 0 Å². The Morgan fingerprint density at radius 2 is 2.07 bits per heavy atom. The fourth-order valence-corrected chi connectivity index (χ4v) is 3.52. The van der Waals surface area contributed by atoms with Crippen molar-refractivity contribution in [2.45, 2.75) is 58.1 Å². The monoisotopic (exact) mass is 416 g/mol. The summed E-state index contributed by atoms with van der Waals surface area (Å²) in [5, 5.41) is 12.6. The molecule has 0 saturated heterocycles. The van der Waals surface area contributed by atoms with Gasteiger partial charge >= 0.3 is 0 Å². The van der Waals surface area contributed by atoms with Crippen molar-refractivity contribution in [1.82, 2.24) is 15.3 Å². The Bertz CT molecular complexity index is 765. The lowest BCUT2D eigenvalue weighted by molar-refractivity contribution is -0.126. The lowest BCUT2D eigenvalue weighted by Crippen LogP contribution is -2.45. The minimum absolute atomic E-state index is 0. The molecule has 1 aromatic heterocycles. The first-order valence-corrected chi connectivity index (χ1v) is 9.12. The number of aromatic nitrogens is 2. The molecule has 0 unspecified atom stereocenters. The second kappa shape index (κ2) is 10.3. The largest absolute Gasteiger partial charge is 0.392 e. The molecule has 6 nitrogen and oxygen atoms in total. The summed E-state index contributed by atoms with van der Waals surface area (Å²) in [4.78, 5) is 20.3. The van der Waals surface area contributed by atoms with E-state index in [1.165, 1.54) is 11.1 Å². The van der Waals surface area contributed by atoms with E-state index in [-0.39, 0.29) is 42.7 Å². The second-order valence-corrected chi connectivity index (χ2v) is 7.22. The zero-order valence-electron chi connectivity index (χ0n) is 15.8. The van der Waals surface area contributed by atoms with E-state index in [0.717, 1.165) is 29.7 Å². The second-order valence-electron chi connectivity index (χ2n) is 7.22. The molecule has 0 aliphatic heterocycles. The Morgan fingerprint density at radius 3 is 2.78 bits per heavy atom. The van der Waals surface area contributed by atoms with Crippen molar-refractivity contribution in [2.24, 2.45) is 11.7 Å². The van der Waals surface area contributed by atoms with E-state index in [2.05, 4.69) is 41.3 Å². The maximum absolute atomic E-state index is 12.2. The molecule has 152 valence electrons. The average Bonchev–Trinajstić information content (AvgIpc) is 3.01. The summed E-state index contributed by atoms with van der Waals surface area (Å²) in [7, 11) is 0. The maximum atomic E-state index is 12.2. The molecule has 8 heteroatoms. The summed E-state index contributed by atoms with van der Waals surface area (Å²) < 4.78 is 0. The van der Waals surface area contributed by atoms with E-state index in [9.17, 15) is 9.90 Å². The summed E-state index contributed by atoms with van der Waals surface area (Å²) in [6.45, 7) is 4.81. The number of carbonyl (C=O) groups is 1. The number of nitrogens with zero attached hydrogens (tertiary/aromatic N) is 1. The van der Waals surface area contributed by atoms with Gasteiger partial charge in [-0.3, -0.25) is 4.79 Å². The van der Waals surface area contributed by atoms with Crippen molar-refractivity contribution in [3.63, 3.8) is 0 Å². The van der Waals surface area contributed by atoms with Crippen molar-refractivity contribution < 1.29 is 9.90 Å². The van der Waals surface area contributed by atoms with Crippen LogP contribution in [0.15, 0.2) is 12.1 Å². The van der Waals surface area contributed by atoms with E-state index < -0.39 is 6.10 Å². The molecule has 0 radical (unpaired) electrons. The van der Waals surface area contributed by atoms with E-state index in [0.29, 0.717) is 25.8 Å². The van der Waals surface area contributed by atoms with Crippen LogP contribution in [0.5, 0.6) is 0 Å². The van der Waals surface area contributed by atoms with Crippen molar-refractivity contribution in [3.05, 3.63) is 29.1 Å². The van der Waals surface area contributed by atoms with Gasteiger partial charge in [-0.25, -0.2) is 4.98 Å². The van der Waals surface area contributed by atoms with Crippen LogP contribution in [0.4, 0.5) is 0 Å². The summed E-state index contributed by atoms with van der Waals surface area (Å²) in [5.74, 6) is 0.939. The van der Waals surface area contributed by atoms with E-state index >= 15 is 0 Å². The van der Waals surface area contributed by atoms with Gasteiger partial charge in [-0.2, -0.15) is 0 Å². The third-order valence-corrected chi connectivity index (χ3v) is 5.35. The van der Waals surface area contributed by atoms with Crippen LogP contribution >= 0.6 is 24.8 Å². The third kappa shape index (κ3) is 5.57. The first kappa shape index (κ1) is 23.7. The lowest BCUT2D eigenvalue weighted by atomic mass is 9.83. The van der Waals surface area contributed by atoms with Crippen LogP contribution in [0.25, 0.3) is 11.0 Å². The molecule has 1 saturated carbocycles. The molecule has 1 aliphatic carbocycles. The lowest BCUT2D eigenvalue weighted by Gasteiger charge is -2.29. The quantitative estimate of drug-likeness (QED) is 0.562. The number of imidazole rings is 1. The van der Waals surface area contributed by atoms with E-state index in [1.807, 2.05) is 0 Å². The fourth-order valence-electron chi connectivity index (χ4n) is 3.52. The number of rotatable bonds is 5. The number of H-pyrrole nitrogens is 1. The number of halogens is 2. The third-order valence-electron chi connectivity index (χ3n) is 5.35. The standard InChI is InChI=1S/C19H28N4O2.2ClH/c1-11-5-7-15-18(12(11)2)23-17(22-15)4-3-9-21-19(25)13-6-8-16(24)14(20)10-13;;/h5,7,13-14,16,24H,3-4,6,8-10,20H2,1-2H3,(H,21,25)(H,22,23);2*1H/t13-,14+,16+;;/m0../s1. The number of fused-ring (bicyclic) bond motifs is 1. The van der Waals surface area contributed by atoms with Gasteiger partial charge in [0, 0.05) is 24.9 Å². The van der Waals surface area contributed by atoms with Crippen molar-refractivity contribution in [2.75, 3.05) is 6.54 Å². The van der Waals surface area contributed by atoms with E-state index in [1.54, 1.807) is 0 Å². The first-order chi connectivity index (χ1) is 12.0. The zero-order valence-corrected chi connectivity index (χ0v) is 17.5. The molecule has 0 bridgehead atoms. The number of hydrogen-bond acceptors (Lipinski definition) is 4. The van der Waals surface area contributed by atoms with Gasteiger partial charge in [0.05, 0.1) is 17.1 Å². The van der Waals surface area contributed by atoms with Crippen LogP contribution in [-0.4, -0.2) is 39.7 Å². The summed E-state index contributed by atoms with van der Waals surface area (Å²) in [6, 6.07) is 3.88. The van der Waals surface area contributed by atoms with Gasteiger partial charge < -0.3 is 21.1 Å². The summed E-state index contributed by atoms with van der Waals surface area (Å²) in [6.07, 6.45) is 3.06. The number of aliphatic hydroxyl groups is 1. The minimum Gasteiger partial charge on any atom is -0.392 e. The molecule has 1 amide bonds. The van der Waals surface area contributed by atoms with Crippen LogP contribution in [-0.2, 0) is 11.2 Å². The number of aryl methyl sites for hydroxylation is 3. The highest BCUT2D eigenvalue weighted by Crippen LogP contribution is 2.24. The zero-order chi connectivity index (χ0) is 18.0. The fraction of sp³-hybridized carbons (Fsp3) is 0.579. The van der Waals surface area contributed by atoms with Crippen molar-refractivity contribution in [1.29, 1.82) is 0 Å². The van der Waals surface area contributed by atoms with Crippen molar-refractivity contribution in [3.8, 4) is 0 Å². The summed E-state index contributed by atoms with van der Waals surface area (Å²) in [5.41, 5.74) is 10.4. The molecule has 5 N–H and O–H groups in total. The minimum atomic E-state index is -0.468. The highest BCUT2D eigenvalue weighted by Gasteiger charge is 2.30. The molecular formula is C19H30Cl2N4O2. The van der Waals surface area contributed by atoms with Crippen LogP contribution < -0.4 is 11.1 Å². The SMILES string of the molecule is Cc1ccc2[nH]c(CCCNC(=O)[C@H]3CC[C@@H](O)[C@H](N)C3)nc2c1C.Cl.Cl. The average molecular weight is 417 g/mol. The van der Waals surface area contributed by atoms with Gasteiger partial charge in [-0.05, 0) is 56.7 Å². The molecule has 3 atom stereocenters. The predicted molar refractivity (Wildman–Crippen MR) is 113 cm³/mol. The number of aromatic amines is 1. The number of benzene rings is 1. The van der Waals surface area contributed by atoms with Crippen LogP contribution in [0.3, 0.4) is 0 Å². The Morgan fingerprint density at radius 1 is 1.33 bits per heavy atom. The van der Waals surface area contributed by atoms with Crippen LogP contribution in [0, 0.1) is 19.8 Å². The van der Waals surface area contributed by atoms with Gasteiger partial charge in [-0.1, -0.05) is 6.07 Å². The maximum Gasteiger partial charge on any atom is 0.223 e. The molecule has 1 aromatic carbocycles. The van der Waals surface area contributed by atoms with Crippen LogP contribution in [0.1, 0.15) is 42.6 Å². The number of aliphatic hydroxyl groups excluding tert-OH is 1. The Kier molecular flexibility index (Phi) is 9.02. The molecule has 0 spiro atoms. The number of hydrogen-bond donors (Lipinski definition) is 4. The number of nitrogens with one attached hydrogen (secondary N) is 2. The Hall–Kier alpha value is -1.34. The van der Waals surface area contributed by atoms with Gasteiger partial charge in [0.25, 0.3) is 0 Å². The highest BCUT2D eigenvalue weighted by atomic mass is 35.5. The molecule has 3 rings (SSSR count). The summed E-state index contributed by atoms with van der Waals surface area (Å²) >= 11 is 0. The first-order valence-electron chi connectivity index (χ1n) is 9.12. The Balaban J connectivity index is 0.00000182. The van der Waals surface area contributed by atoms with Gasteiger partial charge in [0.2, 0.25) is 5.91 Å². The van der Waals surface area contributed by atoms with Gasteiger partial charge in [-0.15, -0.1) is 24.8 Å². The highest BCUT2D eigenvalue weighted by molar-refractivity contribution is 5.85. The Labute approximate surface area is 172 Å². The number of amides is 1. The smallest absolute Gasteiger partial charge is 0.223 e. The topological polar surface area (TPSA) is 104 Å². The normalized spacial score (nSPS) is 22.0.